The molecule has 24 heavy (non-hydrogen) atoms. The molecule has 0 heterocycles. The van der Waals surface area contributed by atoms with Crippen LogP contribution in [0.15, 0.2) is 54.6 Å². The van der Waals surface area contributed by atoms with Crippen molar-refractivity contribution >= 4 is 28.7 Å². The smallest absolute Gasteiger partial charge is 0.269 e. The van der Waals surface area contributed by atoms with Crippen LogP contribution in [0.1, 0.15) is 11.6 Å². The summed E-state index contributed by atoms with van der Waals surface area (Å²) in [6, 6.07) is 16.5. The van der Waals surface area contributed by atoms with Crippen molar-refractivity contribution in [3.05, 3.63) is 70.3 Å². The third-order valence-electron chi connectivity index (χ3n) is 3.60. The van der Waals surface area contributed by atoms with Crippen molar-refractivity contribution in [3.63, 3.8) is 0 Å². The molecule has 6 nitrogen and oxygen atoms in total. The first kappa shape index (κ1) is 17.8. The van der Waals surface area contributed by atoms with Crippen molar-refractivity contribution in [2.45, 2.75) is 6.04 Å². The Kier molecular flexibility index (Phi) is 6.22. The highest BCUT2D eigenvalue weighted by molar-refractivity contribution is 7.80. The van der Waals surface area contributed by atoms with Crippen LogP contribution in [0.25, 0.3) is 0 Å². The van der Waals surface area contributed by atoms with Crippen LogP contribution in [0.3, 0.4) is 0 Å². The predicted octanol–water partition coefficient (Wildman–Crippen LogP) is 3.18. The number of benzene rings is 2. The Hall–Kier alpha value is -2.51. The number of rotatable bonds is 6. The lowest BCUT2D eigenvalue weighted by Crippen LogP contribution is -2.36. The minimum atomic E-state index is -0.429. The van der Waals surface area contributed by atoms with Crippen LogP contribution < -0.4 is 10.6 Å². The van der Waals surface area contributed by atoms with E-state index in [2.05, 4.69) is 27.7 Å². The number of hydrogen-bond acceptors (Lipinski definition) is 4. The van der Waals surface area contributed by atoms with Crippen molar-refractivity contribution in [1.29, 1.82) is 0 Å². The van der Waals surface area contributed by atoms with Gasteiger partial charge in [0.2, 0.25) is 0 Å². The zero-order chi connectivity index (χ0) is 17.5. The Bertz CT molecular complexity index is 689. The zero-order valence-corrected chi connectivity index (χ0v) is 14.4. The molecule has 7 heteroatoms. The number of likely N-dealkylation sites (N-methyl/N-ethyl adjacent to an activating group) is 1. The maximum Gasteiger partial charge on any atom is 0.269 e. The molecule has 0 aliphatic carbocycles. The molecule has 2 aromatic rings. The van der Waals surface area contributed by atoms with Gasteiger partial charge in [-0.1, -0.05) is 30.3 Å². The van der Waals surface area contributed by atoms with Crippen LogP contribution in [-0.4, -0.2) is 35.6 Å². The van der Waals surface area contributed by atoms with Gasteiger partial charge in [-0.25, -0.2) is 0 Å². The second-order valence-electron chi connectivity index (χ2n) is 5.53. The van der Waals surface area contributed by atoms with E-state index in [9.17, 15) is 10.1 Å². The fourth-order valence-electron chi connectivity index (χ4n) is 2.30. The van der Waals surface area contributed by atoms with Gasteiger partial charge in [0.25, 0.3) is 5.69 Å². The van der Waals surface area contributed by atoms with E-state index in [1.165, 1.54) is 17.7 Å². The number of nitro groups is 1. The zero-order valence-electron chi connectivity index (χ0n) is 13.6. The summed E-state index contributed by atoms with van der Waals surface area (Å²) in [5.74, 6) is 0. The number of nitrogens with one attached hydrogen (secondary N) is 2. The van der Waals surface area contributed by atoms with Crippen LogP contribution in [0, 0.1) is 10.1 Å². The highest BCUT2D eigenvalue weighted by Gasteiger charge is 2.14. The normalized spacial score (nSPS) is 11.8. The van der Waals surface area contributed by atoms with Crippen molar-refractivity contribution in [1.82, 2.24) is 10.2 Å². The van der Waals surface area contributed by atoms with Gasteiger partial charge in [0.15, 0.2) is 5.11 Å². The van der Waals surface area contributed by atoms with E-state index in [0.29, 0.717) is 17.3 Å². The lowest BCUT2D eigenvalue weighted by atomic mass is 10.1. The molecule has 2 N–H and O–H groups in total. The van der Waals surface area contributed by atoms with Gasteiger partial charge in [0.1, 0.15) is 0 Å². The lowest BCUT2D eigenvalue weighted by Gasteiger charge is -2.25. The van der Waals surface area contributed by atoms with Crippen LogP contribution in [0.2, 0.25) is 0 Å². The van der Waals surface area contributed by atoms with E-state index < -0.39 is 4.92 Å². The molecule has 0 bridgehead atoms. The van der Waals surface area contributed by atoms with Gasteiger partial charge in [0.05, 0.1) is 11.0 Å². The number of thiocarbonyl (C=S) groups is 1. The average Bonchev–Trinajstić information content (AvgIpc) is 2.56. The van der Waals surface area contributed by atoms with Gasteiger partial charge in [-0.15, -0.1) is 0 Å². The highest BCUT2D eigenvalue weighted by atomic mass is 32.1. The van der Waals surface area contributed by atoms with Gasteiger partial charge in [-0.2, -0.15) is 0 Å². The first-order valence-corrected chi connectivity index (χ1v) is 7.89. The Balaban J connectivity index is 1.92. The van der Waals surface area contributed by atoms with Crippen LogP contribution >= 0.6 is 12.2 Å². The second-order valence-corrected chi connectivity index (χ2v) is 5.94. The third-order valence-corrected chi connectivity index (χ3v) is 3.85. The molecule has 0 amide bonds. The number of anilines is 1. The highest BCUT2D eigenvalue weighted by Crippen LogP contribution is 2.17. The molecule has 2 rings (SSSR count). The maximum atomic E-state index is 10.7. The second kappa shape index (κ2) is 8.37. The molecule has 0 aliphatic heterocycles. The van der Waals surface area contributed by atoms with Crippen molar-refractivity contribution in [2.24, 2.45) is 0 Å². The monoisotopic (exact) mass is 344 g/mol. The lowest BCUT2D eigenvalue weighted by molar-refractivity contribution is -0.384. The van der Waals surface area contributed by atoms with Gasteiger partial charge in [0, 0.05) is 24.4 Å². The molecule has 0 aliphatic rings. The predicted molar refractivity (Wildman–Crippen MR) is 100 cm³/mol. The third kappa shape index (κ3) is 5.00. The van der Waals surface area contributed by atoms with E-state index in [4.69, 9.17) is 12.2 Å². The standard InChI is InChI=1S/C17H20N4O2S/c1-20(2)16(13-6-4-3-5-7-13)12-18-17(24)19-14-8-10-15(11-9-14)21(22)23/h3-11,16H,12H2,1-2H3,(H2,18,19,24)/t16-/m0/s1. The van der Waals surface area contributed by atoms with Gasteiger partial charge >= 0.3 is 0 Å². The van der Waals surface area contributed by atoms with E-state index in [1.807, 2.05) is 32.3 Å². The van der Waals surface area contributed by atoms with Crippen molar-refractivity contribution in [3.8, 4) is 0 Å². The van der Waals surface area contributed by atoms with Gasteiger partial charge in [-0.3, -0.25) is 10.1 Å². The SMILES string of the molecule is CN(C)[C@@H](CNC(=S)Nc1ccc([N+](=O)[O-])cc1)c1ccccc1. The van der Waals surface area contributed by atoms with E-state index in [1.54, 1.807) is 12.1 Å². The summed E-state index contributed by atoms with van der Waals surface area (Å²) in [6.07, 6.45) is 0. The number of hydrogen-bond donors (Lipinski definition) is 2. The van der Waals surface area contributed by atoms with Crippen molar-refractivity contribution in [2.75, 3.05) is 26.0 Å². The first-order valence-electron chi connectivity index (χ1n) is 7.48. The van der Waals surface area contributed by atoms with Crippen LogP contribution in [0.4, 0.5) is 11.4 Å². The van der Waals surface area contributed by atoms with E-state index in [-0.39, 0.29) is 11.7 Å². The van der Waals surface area contributed by atoms with Crippen LogP contribution in [0.5, 0.6) is 0 Å². The van der Waals surface area contributed by atoms with Gasteiger partial charge < -0.3 is 15.5 Å². The molecule has 0 spiro atoms. The molecular weight excluding hydrogens is 324 g/mol. The summed E-state index contributed by atoms with van der Waals surface area (Å²) in [5.41, 5.74) is 1.96. The Labute approximate surface area is 146 Å². The molecule has 0 unspecified atom stereocenters. The molecule has 2 aromatic carbocycles. The molecule has 0 aromatic heterocycles. The number of non-ortho nitro benzene ring substituents is 1. The van der Waals surface area contributed by atoms with E-state index in [0.717, 1.165) is 0 Å². The molecule has 0 saturated carbocycles. The quantitative estimate of drug-likeness (QED) is 0.476. The minimum Gasteiger partial charge on any atom is -0.361 e. The van der Waals surface area contributed by atoms with Gasteiger partial charge in [-0.05, 0) is 44.0 Å². The molecule has 1 atom stereocenters. The number of nitro benzene ring substituents is 1. The Morgan fingerprint density at radius 1 is 1.17 bits per heavy atom. The minimum absolute atomic E-state index is 0.0520. The summed E-state index contributed by atoms with van der Waals surface area (Å²) in [7, 11) is 4.04. The summed E-state index contributed by atoms with van der Waals surface area (Å²) >= 11 is 5.30. The van der Waals surface area contributed by atoms with Crippen molar-refractivity contribution < 1.29 is 4.92 Å². The topological polar surface area (TPSA) is 70.4 Å². The first-order chi connectivity index (χ1) is 11.5. The largest absolute Gasteiger partial charge is 0.361 e. The molecular formula is C17H20N4O2S. The average molecular weight is 344 g/mol. The Morgan fingerprint density at radius 2 is 1.79 bits per heavy atom. The molecule has 0 radical (unpaired) electrons. The molecule has 0 saturated heterocycles. The van der Waals surface area contributed by atoms with E-state index >= 15 is 0 Å². The summed E-state index contributed by atoms with van der Waals surface area (Å²) in [6.45, 7) is 0.649. The molecule has 0 fully saturated rings. The fourth-order valence-corrected chi connectivity index (χ4v) is 2.51. The fraction of sp³-hybridized carbons (Fsp3) is 0.235. The number of nitrogens with zero attached hydrogens (tertiary/aromatic N) is 2. The molecule has 126 valence electrons. The van der Waals surface area contributed by atoms with Crippen LogP contribution in [-0.2, 0) is 0 Å². The summed E-state index contributed by atoms with van der Waals surface area (Å²) in [4.78, 5) is 12.3. The summed E-state index contributed by atoms with van der Waals surface area (Å²) < 4.78 is 0. The Morgan fingerprint density at radius 3 is 2.33 bits per heavy atom. The maximum absolute atomic E-state index is 10.7. The summed E-state index contributed by atoms with van der Waals surface area (Å²) in [5, 5.41) is 17.4.